The molecule has 68 valence electrons. The normalized spacial score (nSPS) is 20.9. The molecule has 1 rings (SSSR count). The fraction of sp³-hybridized carbons (Fsp3) is 0.667. The summed E-state index contributed by atoms with van der Waals surface area (Å²) in [6.45, 7) is 0. The third kappa shape index (κ3) is 3.13. The molecule has 0 saturated heterocycles. The summed E-state index contributed by atoms with van der Waals surface area (Å²) in [5.74, 6) is -0.275. The average molecular weight is 280 g/mol. The Hall–Kier alpha value is -0.0600. The van der Waals surface area contributed by atoms with Gasteiger partial charge in [0.2, 0.25) is 0 Å². The fourth-order valence-corrected chi connectivity index (χ4v) is 2.09. The van der Waals surface area contributed by atoms with E-state index in [-0.39, 0.29) is 0 Å². The maximum atomic E-state index is 10.5. The van der Waals surface area contributed by atoms with Gasteiger partial charge in [0.1, 0.15) is 0 Å². The van der Waals surface area contributed by atoms with E-state index >= 15 is 0 Å². The summed E-state index contributed by atoms with van der Waals surface area (Å²) in [5, 5.41) is 8.64. The van der Waals surface area contributed by atoms with Gasteiger partial charge >= 0.3 is 5.97 Å². The van der Waals surface area contributed by atoms with Crippen molar-refractivity contribution in [3.63, 3.8) is 0 Å². The van der Waals surface area contributed by atoms with Gasteiger partial charge in [0.25, 0.3) is 0 Å². The average Bonchev–Trinajstić information content (AvgIpc) is 2.06. The van der Waals surface area contributed by atoms with E-state index < -0.39 is 5.97 Å². The van der Waals surface area contributed by atoms with Crippen LogP contribution in [0.15, 0.2) is 9.66 Å². The zero-order valence-electron chi connectivity index (χ0n) is 6.92. The zero-order valence-corrected chi connectivity index (χ0v) is 9.08. The van der Waals surface area contributed by atoms with Crippen LogP contribution < -0.4 is 0 Å². The van der Waals surface area contributed by atoms with E-state index in [1.54, 1.807) is 0 Å². The molecule has 2 nitrogen and oxygen atoms in total. The molecule has 1 N–H and O–H groups in total. The van der Waals surface area contributed by atoms with E-state index in [1.165, 1.54) is 32.1 Å². The summed E-state index contributed by atoms with van der Waals surface area (Å²) in [4.78, 5) is 10.5. The van der Waals surface area contributed by atoms with Gasteiger partial charge in [-0.15, -0.1) is 0 Å². The Morgan fingerprint density at radius 1 is 1.33 bits per heavy atom. The van der Waals surface area contributed by atoms with Gasteiger partial charge in [-0.25, -0.2) is 4.79 Å². The minimum absolute atomic E-state index is 0.472. The minimum atomic E-state index is -0.791. The van der Waals surface area contributed by atoms with Crippen molar-refractivity contribution in [1.82, 2.24) is 0 Å². The van der Waals surface area contributed by atoms with Crippen LogP contribution in [0.5, 0.6) is 0 Å². The highest BCUT2D eigenvalue weighted by molar-refractivity contribution is 14.1. The quantitative estimate of drug-likeness (QED) is 0.623. The van der Waals surface area contributed by atoms with E-state index in [2.05, 4.69) is 0 Å². The van der Waals surface area contributed by atoms with Crippen LogP contribution in [-0.4, -0.2) is 11.1 Å². The predicted molar refractivity (Wildman–Crippen MR) is 56.3 cm³/mol. The Balaban J connectivity index is 2.47. The van der Waals surface area contributed by atoms with Crippen molar-refractivity contribution < 1.29 is 9.90 Å². The summed E-state index contributed by atoms with van der Waals surface area (Å²) in [6.07, 6.45) is 8.06. The molecule has 0 atom stereocenters. The number of aliphatic carboxylic acids is 1. The predicted octanol–water partition coefficient (Wildman–Crippen LogP) is 2.97. The lowest BCUT2D eigenvalue weighted by molar-refractivity contribution is -0.131. The zero-order chi connectivity index (χ0) is 8.97. The summed E-state index contributed by atoms with van der Waals surface area (Å²) < 4.78 is 0.472. The SMILES string of the molecule is O=C(O)C(I)=CC1CCCCC1. The maximum Gasteiger partial charge on any atom is 0.341 e. The highest BCUT2D eigenvalue weighted by Crippen LogP contribution is 2.26. The lowest BCUT2D eigenvalue weighted by Crippen LogP contribution is -2.05. The van der Waals surface area contributed by atoms with Crippen LogP contribution in [0.4, 0.5) is 0 Å². The second kappa shape index (κ2) is 4.84. The molecule has 0 aromatic rings. The van der Waals surface area contributed by atoms with Crippen LogP contribution in [0.3, 0.4) is 0 Å². The number of hydrogen-bond donors (Lipinski definition) is 1. The van der Waals surface area contributed by atoms with Crippen molar-refractivity contribution in [2.75, 3.05) is 0 Å². The lowest BCUT2D eigenvalue weighted by atomic mass is 9.89. The molecule has 1 aliphatic carbocycles. The number of carbonyl (C=O) groups is 1. The van der Waals surface area contributed by atoms with Crippen molar-refractivity contribution in [2.45, 2.75) is 32.1 Å². The molecule has 0 radical (unpaired) electrons. The Kier molecular flexibility index (Phi) is 4.05. The lowest BCUT2D eigenvalue weighted by Gasteiger charge is -2.17. The standard InChI is InChI=1S/C9H13IO2/c10-8(9(11)12)6-7-4-2-1-3-5-7/h6-7H,1-5H2,(H,11,12). The highest BCUT2D eigenvalue weighted by Gasteiger charge is 2.13. The minimum Gasteiger partial charge on any atom is -0.477 e. The Morgan fingerprint density at radius 3 is 2.42 bits per heavy atom. The molecule has 0 heterocycles. The molecule has 3 heteroatoms. The van der Waals surface area contributed by atoms with Gasteiger partial charge < -0.3 is 5.11 Å². The second-order valence-electron chi connectivity index (χ2n) is 3.22. The summed E-state index contributed by atoms with van der Waals surface area (Å²) >= 11 is 1.90. The molecular formula is C9H13IO2. The topological polar surface area (TPSA) is 37.3 Å². The number of halogens is 1. The molecule has 0 amide bonds. The maximum absolute atomic E-state index is 10.5. The number of carboxylic acid groups (broad SMARTS) is 1. The Bertz CT molecular complexity index is 193. The van der Waals surface area contributed by atoms with Gasteiger partial charge in [0.05, 0.1) is 3.58 Å². The molecule has 1 saturated carbocycles. The molecular weight excluding hydrogens is 267 g/mol. The third-order valence-electron chi connectivity index (χ3n) is 2.24. The van der Waals surface area contributed by atoms with Gasteiger partial charge in [0.15, 0.2) is 0 Å². The van der Waals surface area contributed by atoms with E-state index in [4.69, 9.17) is 5.11 Å². The summed E-state index contributed by atoms with van der Waals surface area (Å²) in [7, 11) is 0. The van der Waals surface area contributed by atoms with Gasteiger partial charge in [-0.1, -0.05) is 25.3 Å². The molecule has 1 aliphatic rings. The van der Waals surface area contributed by atoms with Crippen molar-refractivity contribution in [1.29, 1.82) is 0 Å². The van der Waals surface area contributed by atoms with E-state index in [1.807, 2.05) is 28.7 Å². The van der Waals surface area contributed by atoms with Crippen molar-refractivity contribution >= 4 is 28.6 Å². The molecule has 0 spiro atoms. The Morgan fingerprint density at radius 2 is 1.92 bits per heavy atom. The highest BCUT2D eigenvalue weighted by atomic mass is 127. The van der Waals surface area contributed by atoms with Gasteiger partial charge in [0, 0.05) is 0 Å². The van der Waals surface area contributed by atoms with E-state index in [0.717, 1.165) is 0 Å². The molecule has 12 heavy (non-hydrogen) atoms. The molecule has 1 fully saturated rings. The summed E-state index contributed by atoms with van der Waals surface area (Å²) in [5.41, 5.74) is 0. The van der Waals surface area contributed by atoms with Crippen molar-refractivity contribution in [3.05, 3.63) is 9.66 Å². The van der Waals surface area contributed by atoms with Crippen LogP contribution in [0.1, 0.15) is 32.1 Å². The number of carboxylic acids is 1. The number of allylic oxidation sites excluding steroid dienone is 1. The molecule has 0 aromatic heterocycles. The molecule has 0 aliphatic heterocycles. The van der Waals surface area contributed by atoms with Crippen molar-refractivity contribution in [3.8, 4) is 0 Å². The second-order valence-corrected chi connectivity index (χ2v) is 4.38. The van der Waals surface area contributed by atoms with E-state index in [9.17, 15) is 4.79 Å². The monoisotopic (exact) mass is 280 g/mol. The van der Waals surface area contributed by atoms with Gasteiger partial charge in [-0.05, 0) is 41.4 Å². The van der Waals surface area contributed by atoms with Gasteiger partial charge in [-0.2, -0.15) is 0 Å². The first-order valence-electron chi connectivity index (χ1n) is 4.31. The smallest absolute Gasteiger partial charge is 0.341 e. The van der Waals surface area contributed by atoms with Crippen LogP contribution in [-0.2, 0) is 4.79 Å². The van der Waals surface area contributed by atoms with Gasteiger partial charge in [-0.3, -0.25) is 0 Å². The fourth-order valence-electron chi connectivity index (χ4n) is 1.58. The first kappa shape index (κ1) is 10.0. The van der Waals surface area contributed by atoms with Crippen LogP contribution in [0.2, 0.25) is 0 Å². The van der Waals surface area contributed by atoms with Crippen LogP contribution >= 0.6 is 22.6 Å². The van der Waals surface area contributed by atoms with Crippen LogP contribution in [0.25, 0.3) is 0 Å². The molecule has 0 aromatic carbocycles. The largest absolute Gasteiger partial charge is 0.477 e. The molecule has 0 unspecified atom stereocenters. The first-order valence-corrected chi connectivity index (χ1v) is 5.38. The number of hydrogen-bond acceptors (Lipinski definition) is 1. The van der Waals surface area contributed by atoms with Crippen molar-refractivity contribution in [2.24, 2.45) is 5.92 Å². The van der Waals surface area contributed by atoms with Crippen LogP contribution in [0, 0.1) is 5.92 Å². The third-order valence-corrected chi connectivity index (χ3v) is 3.06. The Labute approximate surface area is 86.2 Å². The number of rotatable bonds is 2. The first-order chi connectivity index (χ1) is 5.70. The summed E-state index contributed by atoms with van der Waals surface area (Å²) in [6, 6.07) is 0. The van der Waals surface area contributed by atoms with E-state index in [0.29, 0.717) is 9.50 Å². The molecule has 0 bridgehead atoms.